The smallest absolute Gasteiger partial charge is 0.254 e. The molecule has 0 spiro atoms. The molecule has 1 aliphatic carbocycles. The molecule has 1 unspecified atom stereocenters. The molecule has 0 radical (unpaired) electrons. The van der Waals surface area contributed by atoms with Crippen molar-refractivity contribution >= 4 is 17.5 Å². The summed E-state index contributed by atoms with van der Waals surface area (Å²) < 4.78 is 16.5. The number of carbonyl (C=O) groups is 1. The lowest BCUT2D eigenvalue weighted by Gasteiger charge is -2.26. The van der Waals surface area contributed by atoms with E-state index in [4.69, 9.17) is 25.8 Å². The number of rotatable bonds is 4. The molecule has 0 bridgehead atoms. The van der Waals surface area contributed by atoms with Gasteiger partial charge in [-0.2, -0.15) is 0 Å². The van der Waals surface area contributed by atoms with Gasteiger partial charge in [0.25, 0.3) is 5.91 Å². The summed E-state index contributed by atoms with van der Waals surface area (Å²) in [6.07, 6.45) is 3.19. The highest BCUT2D eigenvalue weighted by Crippen LogP contribution is 2.39. The Morgan fingerprint density at radius 3 is 2.74 bits per heavy atom. The highest BCUT2D eigenvalue weighted by atomic mass is 35.5. The van der Waals surface area contributed by atoms with Crippen molar-refractivity contribution in [2.24, 2.45) is 5.92 Å². The second-order valence-electron chi connectivity index (χ2n) is 6.40. The Balaban J connectivity index is 1.57. The van der Waals surface area contributed by atoms with E-state index in [2.05, 4.69) is 0 Å². The minimum absolute atomic E-state index is 0.0262. The number of halogens is 1. The van der Waals surface area contributed by atoms with Crippen molar-refractivity contribution in [3.8, 4) is 11.5 Å². The van der Waals surface area contributed by atoms with E-state index in [0.717, 1.165) is 39.0 Å². The molecule has 124 valence electrons. The molecule has 1 aromatic carbocycles. The van der Waals surface area contributed by atoms with Crippen LogP contribution in [0, 0.1) is 5.92 Å². The zero-order valence-electron chi connectivity index (χ0n) is 12.9. The molecule has 1 aromatic rings. The molecule has 6 heteroatoms. The molecule has 2 aliphatic heterocycles. The minimum atomic E-state index is 0.0262. The van der Waals surface area contributed by atoms with Crippen LogP contribution in [0.4, 0.5) is 0 Å². The number of ether oxygens (including phenoxy) is 3. The third-order valence-corrected chi connectivity index (χ3v) is 4.85. The van der Waals surface area contributed by atoms with Gasteiger partial charge in [0.15, 0.2) is 11.5 Å². The van der Waals surface area contributed by atoms with Gasteiger partial charge < -0.3 is 19.1 Å². The van der Waals surface area contributed by atoms with Crippen LogP contribution in [0.5, 0.6) is 11.5 Å². The Labute approximate surface area is 140 Å². The fourth-order valence-corrected chi connectivity index (χ4v) is 3.45. The monoisotopic (exact) mass is 337 g/mol. The van der Waals surface area contributed by atoms with Crippen molar-refractivity contribution in [1.29, 1.82) is 0 Å². The first-order valence-corrected chi connectivity index (χ1v) is 8.58. The zero-order chi connectivity index (χ0) is 15.8. The molecule has 1 atom stereocenters. The van der Waals surface area contributed by atoms with Crippen LogP contribution in [0.2, 0.25) is 5.02 Å². The van der Waals surface area contributed by atoms with Gasteiger partial charge in [-0.3, -0.25) is 4.79 Å². The van der Waals surface area contributed by atoms with E-state index in [9.17, 15) is 4.79 Å². The molecule has 5 nitrogen and oxygen atoms in total. The average molecular weight is 338 g/mol. The number of benzene rings is 1. The highest BCUT2D eigenvalue weighted by Gasteiger charge is 2.35. The average Bonchev–Trinajstić information content (AvgIpc) is 3.28. The molecule has 23 heavy (non-hydrogen) atoms. The minimum Gasteiger partial charge on any atom is -0.486 e. The maximum Gasteiger partial charge on any atom is 0.254 e. The molecule has 4 rings (SSSR count). The lowest BCUT2D eigenvalue weighted by atomic mass is 10.1. The SMILES string of the molecule is O=C(c1cc(Cl)c2c(c1)OCCO2)N(CC1CCOC1)C1CC1. The maximum atomic E-state index is 13.0. The van der Waals surface area contributed by atoms with Crippen LogP contribution >= 0.6 is 11.6 Å². The maximum absolute atomic E-state index is 13.0. The first-order valence-electron chi connectivity index (χ1n) is 8.20. The van der Waals surface area contributed by atoms with Gasteiger partial charge in [-0.1, -0.05) is 11.6 Å². The van der Waals surface area contributed by atoms with E-state index in [-0.39, 0.29) is 5.91 Å². The van der Waals surface area contributed by atoms with Crippen LogP contribution in [0.15, 0.2) is 12.1 Å². The Morgan fingerprint density at radius 2 is 2.00 bits per heavy atom. The van der Waals surface area contributed by atoms with Crippen LogP contribution < -0.4 is 9.47 Å². The summed E-state index contributed by atoms with van der Waals surface area (Å²) in [5.74, 6) is 1.56. The normalized spacial score (nSPS) is 22.9. The van der Waals surface area contributed by atoms with Gasteiger partial charge in [0, 0.05) is 30.7 Å². The lowest BCUT2D eigenvalue weighted by molar-refractivity contribution is 0.0705. The fourth-order valence-electron chi connectivity index (χ4n) is 3.19. The summed E-state index contributed by atoms with van der Waals surface area (Å²) in [6.45, 7) is 3.27. The summed E-state index contributed by atoms with van der Waals surface area (Å²) in [7, 11) is 0. The third kappa shape index (κ3) is 3.12. The van der Waals surface area contributed by atoms with Crippen LogP contribution in [0.25, 0.3) is 0 Å². The first-order chi connectivity index (χ1) is 11.2. The Kier molecular flexibility index (Phi) is 4.07. The Bertz CT molecular complexity index is 611. The molecular weight excluding hydrogens is 318 g/mol. The first kappa shape index (κ1) is 15.1. The molecule has 2 heterocycles. The second kappa shape index (κ2) is 6.21. The largest absolute Gasteiger partial charge is 0.486 e. The molecule has 1 saturated heterocycles. The second-order valence-corrected chi connectivity index (χ2v) is 6.81. The number of carbonyl (C=O) groups excluding carboxylic acids is 1. The number of nitrogens with zero attached hydrogens (tertiary/aromatic N) is 1. The third-order valence-electron chi connectivity index (χ3n) is 4.57. The molecule has 1 saturated carbocycles. The van der Waals surface area contributed by atoms with Gasteiger partial charge in [-0.15, -0.1) is 0 Å². The van der Waals surface area contributed by atoms with Crippen molar-refractivity contribution in [1.82, 2.24) is 4.90 Å². The summed E-state index contributed by atoms with van der Waals surface area (Å²) in [5, 5.41) is 0.436. The van der Waals surface area contributed by atoms with Crippen molar-refractivity contribution < 1.29 is 19.0 Å². The lowest BCUT2D eigenvalue weighted by Crippen LogP contribution is -2.37. The van der Waals surface area contributed by atoms with E-state index < -0.39 is 0 Å². The predicted molar refractivity (Wildman–Crippen MR) is 85.4 cm³/mol. The van der Waals surface area contributed by atoms with Gasteiger partial charge in [-0.25, -0.2) is 0 Å². The van der Waals surface area contributed by atoms with Gasteiger partial charge in [0.1, 0.15) is 13.2 Å². The van der Waals surface area contributed by atoms with Crippen LogP contribution in [0.1, 0.15) is 29.6 Å². The topological polar surface area (TPSA) is 48.0 Å². The Morgan fingerprint density at radius 1 is 1.17 bits per heavy atom. The number of fused-ring (bicyclic) bond motifs is 1. The Hall–Kier alpha value is -1.46. The van der Waals surface area contributed by atoms with E-state index >= 15 is 0 Å². The molecular formula is C17H20ClNO4. The number of hydrogen-bond donors (Lipinski definition) is 0. The van der Waals surface area contributed by atoms with E-state index in [1.807, 2.05) is 4.90 Å². The highest BCUT2D eigenvalue weighted by molar-refractivity contribution is 6.32. The van der Waals surface area contributed by atoms with Gasteiger partial charge in [-0.05, 0) is 31.4 Å². The summed E-state index contributed by atoms with van der Waals surface area (Å²) in [4.78, 5) is 15.0. The van der Waals surface area contributed by atoms with Crippen molar-refractivity contribution in [2.75, 3.05) is 33.0 Å². The van der Waals surface area contributed by atoms with Crippen molar-refractivity contribution in [3.05, 3.63) is 22.7 Å². The standard InChI is InChI=1S/C17H20ClNO4/c18-14-7-12(8-15-16(14)23-6-5-22-15)17(20)19(13-1-2-13)9-11-3-4-21-10-11/h7-8,11,13H,1-6,9-10H2. The predicted octanol–water partition coefficient (Wildman–Crippen LogP) is 2.75. The number of hydrogen-bond acceptors (Lipinski definition) is 4. The molecule has 2 fully saturated rings. The van der Waals surface area contributed by atoms with Crippen LogP contribution in [-0.4, -0.2) is 49.8 Å². The van der Waals surface area contributed by atoms with Crippen molar-refractivity contribution in [3.63, 3.8) is 0 Å². The molecule has 1 amide bonds. The fraction of sp³-hybridized carbons (Fsp3) is 0.588. The van der Waals surface area contributed by atoms with E-state index in [1.165, 1.54) is 0 Å². The van der Waals surface area contributed by atoms with Gasteiger partial charge in [0.05, 0.1) is 11.6 Å². The van der Waals surface area contributed by atoms with Crippen LogP contribution in [0.3, 0.4) is 0 Å². The zero-order valence-corrected chi connectivity index (χ0v) is 13.7. The molecule has 0 aromatic heterocycles. The summed E-state index contributed by atoms with van der Waals surface area (Å²) in [6, 6.07) is 3.80. The van der Waals surface area contributed by atoms with Gasteiger partial charge >= 0.3 is 0 Å². The van der Waals surface area contributed by atoms with Gasteiger partial charge in [0.2, 0.25) is 0 Å². The van der Waals surface area contributed by atoms with Crippen molar-refractivity contribution in [2.45, 2.75) is 25.3 Å². The quantitative estimate of drug-likeness (QED) is 0.847. The summed E-state index contributed by atoms with van der Waals surface area (Å²) in [5.41, 5.74) is 0.574. The molecule has 0 N–H and O–H groups in total. The summed E-state index contributed by atoms with van der Waals surface area (Å²) >= 11 is 6.27. The van der Waals surface area contributed by atoms with E-state index in [0.29, 0.717) is 47.3 Å². The van der Waals surface area contributed by atoms with Crippen LogP contribution in [-0.2, 0) is 4.74 Å². The van der Waals surface area contributed by atoms with E-state index in [1.54, 1.807) is 12.1 Å². The number of amides is 1. The molecule has 3 aliphatic rings.